The molecule has 0 aliphatic rings. The van der Waals surface area contributed by atoms with Crippen LogP contribution in [-0.2, 0) is 0 Å². The Kier molecular flexibility index (Phi) is 4.88. The average Bonchev–Trinajstić information content (AvgIpc) is 2.29. The highest BCUT2D eigenvalue weighted by molar-refractivity contribution is 5.49. The molecular formula is C14H20N2. The van der Waals surface area contributed by atoms with E-state index in [1.807, 2.05) is 6.92 Å². The second-order valence-electron chi connectivity index (χ2n) is 4.01. The number of rotatable bonds is 5. The summed E-state index contributed by atoms with van der Waals surface area (Å²) in [4.78, 5) is 2.20. The molecule has 16 heavy (non-hydrogen) atoms. The van der Waals surface area contributed by atoms with Crippen molar-refractivity contribution in [3.05, 3.63) is 29.8 Å². The fourth-order valence-electron chi connectivity index (χ4n) is 1.67. The Bertz CT molecular complexity index is 346. The molecule has 0 fully saturated rings. The van der Waals surface area contributed by atoms with Gasteiger partial charge in [0, 0.05) is 18.3 Å². The van der Waals surface area contributed by atoms with Crippen LogP contribution < -0.4 is 10.6 Å². The Morgan fingerprint density at radius 3 is 2.44 bits per heavy atom. The molecule has 1 aromatic carbocycles. The van der Waals surface area contributed by atoms with Gasteiger partial charge in [-0.05, 0) is 31.0 Å². The summed E-state index contributed by atoms with van der Waals surface area (Å²) in [5, 5.41) is 0. The van der Waals surface area contributed by atoms with Crippen LogP contribution in [0.5, 0.6) is 0 Å². The van der Waals surface area contributed by atoms with Crippen molar-refractivity contribution in [1.82, 2.24) is 0 Å². The van der Waals surface area contributed by atoms with Gasteiger partial charge in [-0.2, -0.15) is 0 Å². The maximum Gasteiger partial charge on any atom is 0.0791 e. The zero-order valence-electron chi connectivity index (χ0n) is 10.1. The third-order valence-corrected chi connectivity index (χ3v) is 2.56. The van der Waals surface area contributed by atoms with E-state index in [1.54, 1.807) is 0 Å². The molecule has 0 spiro atoms. The van der Waals surface area contributed by atoms with Crippen LogP contribution in [0, 0.1) is 12.3 Å². The predicted molar refractivity (Wildman–Crippen MR) is 70.4 cm³/mol. The molecular weight excluding hydrogens is 196 g/mol. The smallest absolute Gasteiger partial charge is 0.0791 e. The first kappa shape index (κ1) is 12.6. The molecule has 1 rings (SSSR count). The first-order valence-corrected chi connectivity index (χ1v) is 5.73. The van der Waals surface area contributed by atoms with Gasteiger partial charge in [0.25, 0.3) is 0 Å². The van der Waals surface area contributed by atoms with Crippen LogP contribution in [-0.4, -0.2) is 13.1 Å². The van der Waals surface area contributed by atoms with Crippen molar-refractivity contribution in [3.8, 4) is 12.3 Å². The highest BCUT2D eigenvalue weighted by Gasteiger charge is 2.04. The quantitative estimate of drug-likeness (QED) is 0.766. The lowest BCUT2D eigenvalue weighted by Crippen LogP contribution is -2.24. The highest BCUT2D eigenvalue weighted by Crippen LogP contribution is 2.18. The zero-order valence-corrected chi connectivity index (χ0v) is 10.1. The molecule has 0 bridgehead atoms. The number of nitrogens with zero attached hydrogens (tertiary/aromatic N) is 1. The largest absolute Gasteiger partial charge is 0.360 e. The molecule has 0 radical (unpaired) electrons. The van der Waals surface area contributed by atoms with Gasteiger partial charge in [-0.1, -0.05) is 25.0 Å². The molecule has 0 saturated carbocycles. The molecule has 2 heteroatoms. The molecule has 0 saturated heterocycles. The van der Waals surface area contributed by atoms with Crippen LogP contribution in [0.15, 0.2) is 24.3 Å². The monoisotopic (exact) mass is 216 g/mol. The van der Waals surface area contributed by atoms with Crippen LogP contribution in [0.1, 0.15) is 31.9 Å². The molecule has 0 aliphatic heterocycles. The molecule has 0 aliphatic carbocycles. The first-order valence-electron chi connectivity index (χ1n) is 5.73. The minimum Gasteiger partial charge on any atom is -0.360 e. The number of hydrogen-bond acceptors (Lipinski definition) is 2. The first-order chi connectivity index (χ1) is 7.69. The Balaban J connectivity index is 2.81. The van der Waals surface area contributed by atoms with E-state index in [0.717, 1.165) is 18.5 Å². The van der Waals surface area contributed by atoms with Crippen molar-refractivity contribution in [2.75, 3.05) is 18.0 Å². The number of hydrogen-bond donors (Lipinski definition) is 1. The molecule has 2 nitrogen and oxygen atoms in total. The zero-order chi connectivity index (χ0) is 12.0. The van der Waals surface area contributed by atoms with Gasteiger partial charge in [0.05, 0.1) is 6.54 Å². The normalized spacial score (nSPS) is 11.9. The summed E-state index contributed by atoms with van der Waals surface area (Å²) >= 11 is 0. The number of benzene rings is 1. The van der Waals surface area contributed by atoms with Gasteiger partial charge in [0.15, 0.2) is 0 Å². The molecule has 0 aromatic heterocycles. The molecule has 2 N–H and O–H groups in total. The van der Waals surface area contributed by atoms with Crippen molar-refractivity contribution in [3.63, 3.8) is 0 Å². The van der Waals surface area contributed by atoms with E-state index in [0.29, 0.717) is 6.54 Å². The summed E-state index contributed by atoms with van der Waals surface area (Å²) in [6.07, 6.45) is 6.46. The topological polar surface area (TPSA) is 29.3 Å². The summed E-state index contributed by atoms with van der Waals surface area (Å²) in [6.45, 7) is 5.78. The number of anilines is 1. The van der Waals surface area contributed by atoms with Gasteiger partial charge in [-0.15, -0.1) is 6.42 Å². The van der Waals surface area contributed by atoms with Crippen LogP contribution >= 0.6 is 0 Å². The molecule has 0 amide bonds. The van der Waals surface area contributed by atoms with E-state index in [2.05, 4.69) is 42.0 Å². The minimum atomic E-state index is 0.0845. The van der Waals surface area contributed by atoms with Gasteiger partial charge in [-0.3, -0.25) is 0 Å². The SMILES string of the molecule is C#CCN(CCC)c1ccc([C@H](C)N)cc1. The third-order valence-electron chi connectivity index (χ3n) is 2.56. The fraction of sp³-hybridized carbons (Fsp3) is 0.429. The van der Waals surface area contributed by atoms with Crippen molar-refractivity contribution in [2.24, 2.45) is 5.73 Å². The molecule has 0 heterocycles. The van der Waals surface area contributed by atoms with Crippen LogP contribution in [0.2, 0.25) is 0 Å². The van der Waals surface area contributed by atoms with E-state index >= 15 is 0 Å². The Morgan fingerprint density at radius 1 is 1.38 bits per heavy atom. The summed E-state index contributed by atoms with van der Waals surface area (Å²) in [5.41, 5.74) is 8.14. The van der Waals surface area contributed by atoms with Gasteiger partial charge >= 0.3 is 0 Å². The van der Waals surface area contributed by atoms with E-state index in [9.17, 15) is 0 Å². The van der Waals surface area contributed by atoms with Gasteiger partial charge in [0.1, 0.15) is 0 Å². The van der Waals surface area contributed by atoms with Crippen molar-refractivity contribution in [1.29, 1.82) is 0 Å². The van der Waals surface area contributed by atoms with E-state index in [4.69, 9.17) is 12.2 Å². The van der Waals surface area contributed by atoms with Crippen LogP contribution in [0.4, 0.5) is 5.69 Å². The Morgan fingerprint density at radius 2 is 2.00 bits per heavy atom. The minimum absolute atomic E-state index is 0.0845. The lowest BCUT2D eigenvalue weighted by atomic mass is 10.1. The molecule has 0 unspecified atom stereocenters. The predicted octanol–water partition coefficient (Wildman–Crippen LogP) is 2.56. The van der Waals surface area contributed by atoms with Crippen LogP contribution in [0.3, 0.4) is 0 Å². The van der Waals surface area contributed by atoms with Crippen molar-refractivity contribution in [2.45, 2.75) is 26.3 Å². The summed E-state index contributed by atoms with van der Waals surface area (Å²) in [7, 11) is 0. The number of terminal acetylenes is 1. The molecule has 86 valence electrons. The maximum absolute atomic E-state index is 5.81. The third kappa shape index (κ3) is 3.29. The second-order valence-corrected chi connectivity index (χ2v) is 4.01. The summed E-state index contributed by atoms with van der Waals surface area (Å²) in [5.74, 6) is 2.69. The number of nitrogens with two attached hydrogens (primary N) is 1. The Labute approximate surface area is 98.4 Å². The fourth-order valence-corrected chi connectivity index (χ4v) is 1.67. The van der Waals surface area contributed by atoms with Gasteiger partial charge in [0.2, 0.25) is 0 Å². The van der Waals surface area contributed by atoms with E-state index in [-0.39, 0.29) is 6.04 Å². The molecule has 1 atom stereocenters. The van der Waals surface area contributed by atoms with E-state index in [1.165, 1.54) is 5.69 Å². The van der Waals surface area contributed by atoms with Crippen molar-refractivity contribution >= 4 is 5.69 Å². The summed E-state index contributed by atoms with van der Waals surface area (Å²) < 4.78 is 0. The lowest BCUT2D eigenvalue weighted by molar-refractivity contribution is 0.809. The average molecular weight is 216 g/mol. The standard InChI is InChI=1S/C14H20N2/c1-4-10-16(11-5-2)14-8-6-13(7-9-14)12(3)15/h1,6-9,12H,5,10-11,15H2,2-3H3/t12-/m0/s1. The molecule has 1 aromatic rings. The highest BCUT2D eigenvalue weighted by atomic mass is 15.1. The van der Waals surface area contributed by atoms with E-state index < -0.39 is 0 Å². The lowest BCUT2D eigenvalue weighted by Gasteiger charge is -2.22. The Hall–Kier alpha value is -1.46. The van der Waals surface area contributed by atoms with Gasteiger partial charge < -0.3 is 10.6 Å². The summed E-state index contributed by atoms with van der Waals surface area (Å²) in [6, 6.07) is 8.40. The maximum atomic E-state index is 5.81. The van der Waals surface area contributed by atoms with Crippen molar-refractivity contribution < 1.29 is 0 Å². The second kappa shape index (κ2) is 6.19. The van der Waals surface area contributed by atoms with Crippen LogP contribution in [0.25, 0.3) is 0 Å². The van der Waals surface area contributed by atoms with Gasteiger partial charge in [-0.25, -0.2) is 0 Å².